The zero-order valence-electron chi connectivity index (χ0n) is 12.9. The molecule has 2 heterocycles. The van der Waals surface area contributed by atoms with Gasteiger partial charge in [0.05, 0.1) is 23.9 Å². The van der Waals surface area contributed by atoms with Gasteiger partial charge in [-0.25, -0.2) is 0 Å². The molecule has 3 nitrogen and oxygen atoms in total. The van der Waals surface area contributed by atoms with Crippen LogP contribution in [-0.4, -0.2) is 22.9 Å². The van der Waals surface area contributed by atoms with E-state index in [1.54, 1.807) is 0 Å². The van der Waals surface area contributed by atoms with E-state index in [2.05, 4.69) is 26.8 Å². The Bertz CT molecular complexity index is 429. The number of nitriles is 1. The SMILES string of the molecule is CC1CCC(C(C)C)C(O)(C2(C#N)CC3CCC2O3)C1. The molecule has 1 N–H and O–H groups in total. The predicted octanol–water partition coefficient (Wildman–Crippen LogP) is 3.27. The molecule has 3 aliphatic rings. The number of hydrogen-bond donors (Lipinski definition) is 1. The van der Waals surface area contributed by atoms with Crippen molar-refractivity contribution in [2.75, 3.05) is 0 Å². The first-order valence-corrected chi connectivity index (χ1v) is 8.22. The Morgan fingerprint density at radius 1 is 1.20 bits per heavy atom. The predicted molar refractivity (Wildman–Crippen MR) is 76.9 cm³/mol. The van der Waals surface area contributed by atoms with Crippen LogP contribution in [0.25, 0.3) is 0 Å². The summed E-state index contributed by atoms with van der Waals surface area (Å²) in [4.78, 5) is 0. The van der Waals surface area contributed by atoms with E-state index >= 15 is 0 Å². The van der Waals surface area contributed by atoms with E-state index in [9.17, 15) is 10.4 Å². The second kappa shape index (κ2) is 4.71. The van der Waals surface area contributed by atoms with Gasteiger partial charge in [-0.3, -0.25) is 0 Å². The van der Waals surface area contributed by atoms with Gasteiger partial charge >= 0.3 is 0 Å². The molecule has 1 aliphatic carbocycles. The van der Waals surface area contributed by atoms with Crippen LogP contribution in [0.5, 0.6) is 0 Å². The van der Waals surface area contributed by atoms with Gasteiger partial charge in [0.15, 0.2) is 0 Å². The molecule has 3 fully saturated rings. The highest BCUT2D eigenvalue weighted by molar-refractivity contribution is 5.23. The van der Waals surface area contributed by atoms with Crippen molar-refractivity contribution in [2.45, 2.75) is 77.1 Å². The maximum atomic E-state index is 11.6. The van der Waals surface area contributed by atoms with Crippen LogP contribution in [0, 0.1) is 34.5 Å². The van der Waals surface area contributed by atoms with Crippen LogP contribution < -0.4 is 0 Å². The quantitative estimate of drug-likeness (QED) is 0.842. The molecule has 0 aromatic rings. The Morgan fingerprint density at radius 3 is 2.45 bits per heavy atom. The number of hydrogen-bond acceptors (Lipinski definition) is 3. The molecule has 112 valence electrons. The molecular weight excluding hydrogens is 250 g/mol. The van der Waals surface area contributed by atoms with Crippen LogP contribution in [-0.2, 0) is 4.74 Å². The van der Waals surface area contributed by atoms with Gasteiger partial charge in [-0.2, -0.15) is 5.26 Å². The minimum absolute atomic E-state index is 0.0472. The van der Waals surface area contributed by atoms with E-state index in [1.165, 1.54) is 6.42 Å². The lowest BCUT2D eigenvalue weighted by Gasteiger charge is -2.53. The van der Waals surface area contributed by atoms with Crippen molar-refractivity contribution in [3.8, 4) is 6.07 Å². The van der Waals surface area contributed by atoms with E-state index < -0.39 is 11.0 Å². The number of aliphatic hydroxyl groups is 1. The van der Waals surface area contributed by atoms with Crippen molar-refractivity contribution in [3.05, 3.63) is 0 Å². The number of rotatable bonds is 2. The summed E-state index contributed by atoms with van der Waals surface area (Å²) < 4.78 is 5.98. The van der Waals surface area contributed by atoms with Crippen LogP contribution in [0.1, 0.15) is 59.3 Å². The van der Waals surface area contributed by atoms with Crippen molar-refractivity contribution >= 4 is 0 Å². The summed E-state index contributed by atoms with van der Waals surface area (Å²) in [6.07, 6.45) is 5.86. The monoisotopic (exact) mass is 277 g/mol. The lowest BCUT2D eigenvalue weighted by molar-refractivity contribution is -0.164. The fraction of sp³-hybridized carbons (Fsp3) is 0.941. The zero-order valence-corrected chi connectivity index (χ0v) is 12.9. The molecule has 0 radical (unpaired) electrons. The number of nitrogens with zero attached hydrogens (tertiary/aromatic N) is 1. The van der Waals surface area contributed by atoms with Crippen LogP contribution in [0.4, 0.5) is 0 Å². The van der Waals surface area contributed by atoms with E-state index in [-0.39, 0.29) is 18.1 Å². The van der Waals surface area contributed by atoms with Gasteiger partial charge in [0, 0.05) is 0 Å². The maximum Gasteiger partial charge on any atom is 0.115 e. The van der Waals surface area contributed by atoms with Crippen molar-refractivity contribution in [1.82, 2.24) is 0 Å². The second-order valence-electron chi connectivity index (χ2n) is 7.77. The van der Waals surface area contributed by atoms with E-state index in [0.717, 1.165) is 32.1 Å². The molecule has 1 saturated carbocycles. The first-order chi connectivity index (χ1) is 9.43. The molecular formula is C17H27NO2. The van der Waals surface area contributed by atoms with Gasteiger partial charge in [-0.15, -0.1) is 0 Å². The Hall–Kier alpha value is -0.590. The summed E-state index contributed by atoms with van der Waals surface area (Å²) in [5, 5.41) is 21.6. The highest BCUT2D eigenvalue weighted by atomic mass is 16.5. The van der Waals surface area contributed by atoms with Crippen LogP contribution in [0.15, 0.2) is 0 Å². The summed E-state index contributed by atoms with van der Waals surface area (Å²) in [6, 6.07) is 2.55. The van der Waals surface area contributed by atoms with Crippen LogP contribution in [0.3, 0.4) is 0 Å². The largest absolute Gasteiger partial charge is 0.388 e. The zero-order chi connectivity index (χ0) is 14.5. The number of ether oxygens (including phenoxy) is 1. The minimum Gasteiger partial charge on any atom is -0.388 e. The third-order valence-electron chi connectivity index (χ3n) is 6.23. The number of fused-ring (bicyclic) bond motifs is 2. The smallest absolute Gasteiger partial charge is 0.115 e. The first-order valence-electron chi connectivity index (χ1n) is 8.22. The molecule has 2 bridgehead atoms. The molecule has 3 heteroatoms. The van der Waals surface area contributed by atoms with Crippen molar-refractivity contribution in [2.24, 2.45) is 23.2 Å². The Labute approximate surface area is 122 Å². The van der Waals surface area contributed by atoms with Gasteiger partial charge in [0.2, 0.25) is 0 Å². The van der Waals surface area contributed by atoms with E-state index in [0.29, 0.717) is 11.8 Å². The molecule has 0 aromatic heterocycles. The highest BCUT2D eigenvalue weighted by Crippen LogP contribution is 2.60. The minimum atomic E-state index is -0.868. The summed E-state index contributed by atoms with van der Waals surface area (Å²) >= 11 is 0. The van der Waals surface area contributed by atoms with Crippen molar-refractivity contribution < 1.29 is 9.84 Å². The normalized spacial score (nSPS) is 51.4. The third kappa shape index (κ3) is 1.77. The lowest BCUT2D eigenvalue weighted by atomic mass is 9.52. The molecule has 2 saturated heterocycles. The second-order valence-corrected chi connectivity index (χ2v) is 7.77. The molecule has 0 amide bonds. The van der Waals surface area contributed by atoms with Crippen molar-refractivity contribution in [3.63, 3.8) is 0 Å². The Morgan fingerprint density at radius 2 is 1.95 bits per heavy atom. The van der Waals surface area contributed by atoms with E-state index in [4.69, 9.17) is 4.74 Å². The molecule has 0 spiro atoms. The molecule has 20 heavy (non-hydrogen) atoms. The van der Waals surface area contributed by atoms with Gasteiger partial charge in [0.25, 0.3) is 0 Å². The third-order valence-corrected chi connectivity index (χ3v) is 6.23. The maximum absolute atomic E-state index is 11.6. The molecule has 6 atom stereocenters. The lowest BCUT2D eigenvalue weighted by Crippen LogP contribution is -2.60. The van der Waals surface area contributed by atoms with Gasteiger partial charge in [-0.05, 0) is 49.9 Å². The summed E-state index contributed by atoms with van der Waals surface area (Å²) in [6.45, 7) is 6.58. The van der Waals surface area contributed by atoms with Gasteiger partial charge in [-0.1, -0.05) is 27.2 Å². The average molecular weight is 277 g/mol. The van der Waals surface area contributed by atoms with E-state index in [1.807, 2.05) is 0 Å². The van der Waals surface area contributed by atoms with Crippen molar-refractivity contribution in [1.29, 1.82) is 5.26 Å². The van der Waals surface area contributed by atoms with Gasteiger partial charge in [0.1, 0.15) is 5.41 Å². The first kappa shape index (κ1) is 14.4. The summed E-state index contributed by atoms with van der Waals surface area (Å²) in [5.74, 6) is 1.14. The fourth-order valence-corrected chi connectivity index (χ4v) is 5.26. The summed E-state index contributed by atoms with van der Waals surface area (Å²) in [7, 11) is 0. The highest BCUT2D eigenvalue weighted by Gasteiger charge is 2.66. The Kier molecular flexibility index (Phi) is 3.38. The molecule has 2 aliphatic heterocycles. The Balaban J connectivity index is 2.01. The molecule has 0 aromatic carbocycles. The van der Waals surface area contributed by atoms with Crippen LogP contribution in [0.2, 0.25) is 0 Å². The van der Waals surface area contributed by atoms with Crippen LogP contribution >= 0.6 is 0 Å². The summed E-state index contributed by atoms with van der Waals surface area (Å²) in [5.41, 5.74) is -1.53. The van der Waals surface area contributed by atoms with Gasteiger partial charge < -0.3 is 9.84 Å². The fourth-order valence-electron chi connectivity index (χ4n) is 5.26. The standard InChI is InChI=1S/C17H27NO2/c1-11(2)14-6-4-12(3)8-17(14,19)16(10-18)9-13-5-7-15(16)20-13/h11-15,19H,4-9H2,1-3H3. The average Bonchev–Trinajstić information content (AvgIpc) is 2.98. The molecule has 6 unspecified atom stereocenters. The molecule has 3 rings (SSSR count). The topological polar surface area (TPSA) is 53.2 Å².